The Morgan fingerprint density at radius 2 is 1.52 bits per heavy atom. The van der Waals surface area contributed by atoms with Crippen molar-refractivity contribution in [3.05, 3.63) is 70.8 Å². The van der Waals surface area contributed by atoms with Gasteiger partial charge >= 0.3 is 6.03 Å². The molecular formula is C19H13N2O6-. The number of urea groups is 1. The van der Waals surface area contributed by atoms with Gasteiger partial charge in [-0.3, -0.25) is 20.2 Å². The Labute approximate surface area is 153 Å². The number of imide groups is 2. The van der Waals surface area contributed by atoms with Crippen LogP contribution in [0.3, 0.4) is 0 Å². The first-order chi connectivity index (χ1) is 12.9. The van der Waals surface area contributed by atoms with Crippen LogP contribution in [0.2, 0.25) is 0 Å². The van der Waals surface area contributed by atoms with Gasteiger partial charge in [0.15, 0.2) is 0 Å². The molecule has 0 radical (unpaired) electrons. The van der Waals surface area contributed by atoms with E-state index >= 15 is 0 Å². The van der Waals surface area contributed by atoms with Crippen molar-refractivity contribution in [2.75, 3.05) is 0 Å². The highest BCUT2D eigenvalue weighted by molar-refractivity contribution is 6.31. The van der Waals surface area contributed by atoms with E-state index in [9.17, 15) is 24.3 Å². The topological polar surface area (TPSA) is 125 Å². The molecule has 0 atom stereocenters. The molecule has 1 aliphatic rings. The molecular weight excluding hydrogens is 352 g/mol. The number of hydrogen-bond acceptors (Lipinski definition) is 6. The van der Waals surface area contributed by atoms with Crippen LogP contribution >= 0.6 is 0 Å². The lowest BCUT2D eigenvalue weighted by molar-refractivity contribution is -0.255. The Morgan fingerprint density at radius 1 is 0.926 bits per heavy atom. The third-order valence-corrected chi connectivity index (χ3v) is 3.73. The van der Waals surface area contributed by atoms with Crippen molar-refractivity contribution in [1.82, 2.24) is 10.6 Å². The highest BCUT2D eigenvalue weighted by atomic mass is 16.5. The molecule has 8 heteroatoms. The monoisotopic (exact) mass is 365 g/mol. The molecule has 8 nitrogen and oxygen atoms in total. The summed E-state index contributed by atoms with van der Waals surface area (Å²) in [6.45, 7) is 0.237. The first kappa shape index (κ1) is 17.9. The number of rotatable bonds is 5. The fourth-order valence-corrected chi connectivity index (χ4v) is 2.34. The van der Waals surface area contributed by atoms with E-state index in [4.69, 9.17) is 4.74 Å². The van der Waals surface area contributed by atoms with Gasteiger partial charge in [0.2, 0.25) is 0 Å². The molecule has 3 rings (SSSR count). The molecule has 27 heavy (non-hydrogen) atoms. The fraction of sp³-hybridized carbons (Fsp3) is 0.0526. The van der Waals surface area contributed by atoms with Crippen molar-refractivity contribution in [3.8, 4) is 5.75 Å². The number of carboxylic acids is 1. The van der Waals surface area contributed by atoms with E-state index in [2.05, 4.69) is 0 Å². The van der Waals surface area contributed by atoms with Gasteiger partial charge in [0.05, 0.1) is 5.97 Å². The third kappa shape index (κ3) is 4.37. The number of hydrogen-bond donors (Lipinski definition) is 2. The molecule has 0 spiro atoms. The minimum absolute atomic E-state index is 0.0913. The lowest BCUT2D eigenvalue weighted by Gasteiger charge is -2.14. The first-order valence-corrected chi connectivity index (χ1v) is 7.84. The SMILES string of the molecule is O=C1NC(=O)C(=Cc2ccc(OCc3ccc(C(=O)[O-])cc3)cc2)C(=O)N1. The summed E-state index contributed by atoms with van der Waals surface area (Å²) in [4.78, 5) is 45.1. The van der Waals surface area contributed by atoms with Gasteiger partial charge in [0.25, 0.3) is 11.8 Å². The fourth-order valence-electron chi connectivity index (χ4n) is 2.34. The average molecular weight is 365 g/mol. The van der Waals surface area contributed by atoms with Gasteiger partial charge in [-0.1, -0.05) is 36.4 Å². The molecule has 2 aromatic rings. The molecule has 4 amide bonds. The third-order valence-electron chi connectivity index (χ3n) is 3.73. The van der Waals surface area contributed by atoms with Crippen LogP contribution in [0, 0.1) is 0 Å². The Balaban J connectivity index is 1.64. The number of carbonyl (C=O) groups is 4. The van der Waals surface area contributed by atoms with Crippen LogP contribution in [0.25, 0.3) is 6.08 Å². The number of carboxylic acid groups (broad SMARTS) is 1. The number of nitrogens with one attached hydrogen (secondary N) is 2. The molecule has 1 fully saturated rings. The maximum Gasteiger partial charge on any atom is 0.328 e. The Bertz CT molecular complexity index is 923. The lowest BCUT2D eigenvalue weighted by atomic mass is 10.1. The van der Waals surface area contributed by atoms with E-state index in [0.29, 0.717) is 11.3 Å². The highest BCUT2D eigenvalue weighted by Crippen LogP contribution is 2.17. The molecule has 0 saturated carbocycles. The molecule has 2 N–H and O–H groups in total. The van der Waals surface area contributed by atoms with E-state index in [-0.39, 0.29) is 17.7 Å². The quantitative estimate of drug-likeness (QED) is 0.583. The van der Waals surface area contributed by atoms with Crippen molar-refractivity contribution >= 4 is 29.9 Å². The van der Waals surface area contributed by atoms with Crippen LogP contribution in [-0.2, 0) is 16.2 Å². The summed E-state index contributed by atoms with van der Waals surface area (Å²) >= 11 is 0. The van der Waals surface area contributed by atoms with E-state index < -0.39 is 23.8 Å². The summed E-state index contributed by atoms with van der Waals surface area (Å²) in [6.07, 6.45) is 1.36. The second-order valence-electron chi connectivity index (χ2n) is 5.64. The largest absolute Gasteiger partial charge is 0.545 e. The molecule has 1 aliphatic heterocycles. The summed E-state index contributed by atoms with van der Waals surface area (Å²) < 4.78 is 5.61. The minimum Gasteiger partial charge on any atom is -0.545 e. The van der Waals surface area contributed by atoms with E-state index in [0.717, 1.165) is 5.56 Å². The van der Waals surface area contributed by atoms with Crippen molar-refractivity contribution in [3.63, 3.8) is 0 Å². The summed E-state index contributed by atoms with van der Waals surface area (Å²) in [5.74, 6) is -2.21. The summed E-state index contributed by atoms with van der Waals surface area (Å²) in [7, 11) is 0. The maximum absolute atomic E-state index is 11.7. The minimum atomic E-state index is -1.24. The standard InChI is InChI=1S/C19H14N2O6/c22-16-15(17(23)21-19(26)20-16)9-11-3-7-14(8-4-11)27-10-12-1-5-13(6-2-12)18(24)25/h1-9H,10H2,(H,24,25)(H2,20,21,22,23,26)/p-1. The van der Waals surface area contributed by atoms with Gasteiger partial charge in [-0.2, -0.15) is 0 Å². The number of ether oxygens (including phenoxy) is 1. The highest BCUT2D eigenvalue weighted by Gasteiger charge is 2.27. The predicted molar refractivity (Wildman–Crippen MR) is 91.2 cm³/mol. The molecule has 0 unspecified atom stereocenters. The molecule has 136 valence electrons. The smallest absolute Gasteiger partial charge is 0.328 e. The summed E-state index contributed by atoms with van der Waals surface area (Å²) in [5.41, 5.74) is 1.28. The zero-order chi connectivity index (χ0) is 19.4. The average Bonchev–Trinajstić information content (AvgIpc) is 2.64. The maximum atomic E-state index is 11.7. The van der Waals surface area contributed by atoms with Gasteiger partial charge in [0.1, 0.15) is 17.9 Å². The molecule has 0 aromatic heterocycles. The van der Waals surface area contributed by atoms with Gasteiger partial charge < -0.3 is 14.6 Å². The van der Waals surface area contributed by atoms with Crippen LogP contribution < -0.4 is 20.5 Å². The lowest BCUT2D eigenvalue weighted by Crippen LogP contribution is -2.51. The van der Waals surface area contributed by atoms with Crippen molar-refractivity contribution in [2.24, 2.45) is 0 Å². The normalized spacial score (nSPS) is 13.6. The van der Waals surface area contributed by atoms with Gasteiger partial charge in [-0.15, -0.1) is 0 Å². The van der Waals surface area contributed by atoms with Crippen molar-refractivity contribution in [1.29, 1.82) is 0 Å². The first-order valence-electron chi connectivity index (χ1n) is 7.84. The van der Waals surface area contributed by atoms with E-state index in [1.165, 1.54) is 18.2 Å². The van der Waals surface area contributed by atoms with Crippen LogP contribution in [-0.4, -0.2) is 23.8 Å². The van der Waals surface area contributed by atoms with Gasteiger partial charge in [0, 0.05) is 0 Å². The number of carbonyl (C=O) groups excluding carboxylic acids is 4. The van der Waals surface area contributed by atoms with Crippen molar-refractivity contribution < 1.29 is 29.0 Å². The van der Waals surface area contributed by atoms with Gasteiger partial charge in [-0.05, 0) is 34.9 Å². The second-order valence-corrected chi connectivity index (χ2v) is 5.64. The number of benzene rings is 2. The summed E-state index contributed by atoms with van der Waals surface area (Å²) in [6, 6.07) is 11.9. The van der Waals surface area contributed by atoms with Crippen LogP contribution in [0.5, 0.6) is 5.75 Å². The van der Waals surface area contributed by atoms with E-state index in [1.807, 2.05) is 10.6 Å². The Kier molecular flexibility index (Phi) is 4.98. The summed E-state index contributed by atoms with van der Waals surface area (Å²) in [5, 5.41) is 14.7. The molecule has 0 bridgehead atoms. The number of amides is 4. The molecule has 0 aliphatic carbocycles. The Hall–Kier alpha value is -3.94. The second kappa shape index (κ2) is 7.52. The molecule has 1 heterocycles. The van der Waals surface area contributed by atoms with Crippen LogP contribution in [0.15, 0.2) is 54.1 Å². The molecule has 2 aromatic carbocycles. The van der Waals surface area contributed by atoms with E-state index in [1.54, 1.807) is 36.4 Å². The van der Waals surface area contributed by atoms with Gasteiger partial charge in [-0.25, -0.2) is 4.79 Å². The zero-order valence-corrected chi connectivity index (χ0v) is 13.9. The van der Waals surface area contributed by atoms with Crippen LogP contribution in [0.4, 0.5) is 4.79 Å². The van der Waals surface area contributed by atoms with Crippen molar-refractivity contribution in [2.45, 2.75) is 6.61 Å². The zero-order valence-electron chi connectivity index (χ0n) is 13.9. The predicted octanol–water partition coefficient (Wildman–Crippen LogP) is 0.378. The van der Waals surface area contributed by atoms with Crippen LogP contribution in [0.1, 0.15) is 21.5 Å². The number of aromatic carboxylic acids is 1. The number of barbiturate groups is 1. The Morgan fingerprint density at radius 3 is 2.07 bits per heavy atom. The molecule has 1 saturated heterocycles.